The van der Waals surface area contributed by atoms with Crippen molar-refractivity contribution in [3.8, 4) is 17.6 Å². The number of carboxylic acid groups (broad SMARTS) is 1. The number of ether oxygens (including phenoxy) is 1. The molecule has 0 bridgehead atoms. The van der Waals surface area contributed by atoms with Gasteiger partial charge in [0.1, 0.15) is 5.75 Å². The molecule has 0 amide bonds. The first-order chi connectivity index (χ1) is 7.20. The topological polar surface area (TPSA) is 46.5 Å². The highest BCUT2D eigenvalue weighted by Crippen LogP contribution is 2.21. The van der Waals surface area contributed by atoms with Crippen LogP contribution in [0.4, 0.5) is 0 Å². The number of carbonyl (C=O) groups is 1. The Labute approximate surface area is 88.7 Å². The molecular formula is C12H12O3. The lowest BCUT2D eigenvalue weighted by Gasteiger charge is -2.07. The third-order valence-corrected chi connectivity index (χ3v) is 1.81. The van der Waals surface area contributed by atoms with Crippen LogP contribution in [0.15, 0.2) is 18.2 Å². The molecule has 0 aliphatic heterocycles. The first kappa shape index (κ1) is 11.1. The van der Waals surface area contributed by atoms with Crippen LogP contribution in [-0.4, -0.2) is 17.7 Å². The molecule has 0 aliphatic rings. The number of aromatic carboxylic acids is 1. The highest BCUT2D eigenvalue weighted by atomic mass is 16.5. The van der Waals surface area contributed by atoms with E-state index in [9.17, 15) is 4.79 Å². The molecular weight excluding hydrogens is 192 g/mol. The van der Waals surface area contributed by atoms with E-state index in [2.05, 4.69) is 11.8 Å². The van der Waals surface area contributed by atoms with Crippen LogP contribution in [0.25, 0.3) is 0 Å². The van der Waals surface area contributed by atoms with Crippen molar-refractivity contribution in [1.82, 2.24) is 0 Å². The zero-order chi connectivity index (χ0) is 11.3. The van der Waals surface area contributed by atoms with Crippen molar-refractivity contribution in [2.45, 2.75) is 13.8 Å². The number of carboxylic acids is 1. The summed E-state index contributed by atoms with van der Waals surface area (Å²) in [5, 5.41) is 8.96. The summed E-state index contributed by atoms with van der Waals surface area (Å²) in [4.78, 5) is 10.9. The molecule has 3 heteroatoms. The van der Waals surface area contributed by atoms with Gasteiger partial charge < -0.3 is 9.84 Å². The lowest BCUT2D eigenvalue weighted by Crippen LogP contribution is -2.03. The van der Waals surface area contributed by atoms with Crippen LogP contribution in [0, 0.1) is 11.8 Å². The number of hydrogen-bond donors (Lipinski definition) is 1. The fourth-order valence-corrected chi connectivity index (χ4v) is 1.24. The van der Waals surface area contributed by atoms with Crippen molar-refractivity contribution in [2.75, 3.05) is 6.61 Å². The zero-order valence-corrected chi connectivity index (χ0v) is 8.70. The van der Waals surface area contributed by atoms with E-state index in [4.69, 9.17) is 9.84 Å². The van der Waals surface area contributed by atoms with E-state index < -0.39 is 5.97 Å². The lowest BCUT2D eigenvalue weighted by molar-refractivity contribution is 0.0696. The second kappa shape index (κ2) is 5.06. The number of hydrogen-bond acceptors (Lipinski definition) is 2. The summed E-state index contributed by atoms with van der Waals surface area (Å²) in [6, 6.07) is 4.88. The molecule has 1 N–H and O–H groups in total. The van der Waals surface area contributed by atoms with Gasteiger partial charge in [0.05, 0.1) is 17.7 Å². The van der Waals surface area contributed by atoms with Crippen molar-refractivity contribution in [3.63, 3.8) is 0 Å². The SMILES string of the molecule is CC#Cc1c(OCC)cccc1C(=O)O. The maximum atomic E-state index is 10.9. The van der Waals surface area contributed by atoms with Crippen LogP contribution in [0.1, 0.15) is 29.8 Å². The van der Waals surface area contributed by atoms with E-state index in [-0.39, 0.29) is 5.56 Å². The van der Waals surface area contributed by atoms with Crippen LogP contribution in [0.2, 0.25) is 0 Å². The Morgan fingerprint density at radius 1 is 1.53 bits per heavy atom. The molecule has 0 radical (unpaired) electrons. The van der Waals surface area contributed by atoms with Crippen molar-refractivity contribution in [2.24, 2.45) is 0 Å². The minimum Gasteiger partial charge on any atom is -0.493 e. The maximum Gasteiger partial charge on any atom is 0.337 e. The summed E-state index contributed by atoms with van der Waals surface area (Å²) >= 11 is 0. The molecule has 0 aliphatic carbocycles. The summed E-state index contributed by atoms with van der Waals surface area (Å²) < 4.78 is 5.31. The Morgan fingerprint density at radius 3 is 2.80 bits per heavy atom. The predicted octanol–water partition coefficient (Wildman–Crippen LogP) is 2.15. The molecule has 1 aromatic carbocycles. The Kier molecular flexibility index (Phi) is 3.75. The van der Waals surface area contributed by atoms with E-state index >= 15 is 0 Å². The predicted molar refractivity (Wildman–Crippen MR) is 57.1 cm³/mol. The quantitative estimate of drug-likeness (QED) is 0.767. The summed E-state index contributed by atoms with van der Waals surface area (Å²) in [6.07, 6.45) is 0. The second-order valence-electron chi connectivity index (χ2n) is 2.79. The fourth-order valence-electron chi connectivity index (χ4n) is 1.24. The van der Waals surface area contributed by atoms with Gasteiger partial charge in [-0.3, -0.25) is 0 Å². The molecule has 3 nitrogen and oxygen atoms in total. The van der Waals surface area contributed by atoms with E-state index in [0.717, 1.165) is 0 Å². The molecule has 0 aromatic heterocycles. The van der Waals surface area contributed by atoms with E-state index in [0.29, 0.717) is 17.9 Å². The van der Waals surface area contributed by atoms with Crippen molar-refractivity contribution in [1.29, 1.82) is 0 Å². The minimum absolute atomic E-state index is 0.176. The van der Waals surface area contributed by atoms with Gasteiger partial charge in [0.15, 0.2) is 0 Å². The molecule has 0 fully saturated rings. The van der Waals surface area contributed by atoms with Crippen LogP contribution >= 0.6 is 0 Å². The second-order valence-corrected chi connectivity index (χ2v) is 2.79. The van der Waals surface area contributed by atoms with Crippen molar-refractivity contribution in [3.05, 3.63) is 29.3 Å². The normalized spacial score (nSPS) is 8.93. The average molecular weight is 204 g/mol. The Morgan fingerprint density at radius 2 is 2.27 bits per heavy atom. The minimum atomic E-state index is -0.991. The van der Waals surface area contributed by atoms with Gasteiger partial charge in [0.25, 0.3) is 0 Å². The van der Waals surface area contributed by atoms with Gasteiger partial charge in [-0.15, -0.1) is 5.92 Å². The molecule has 1 aromatic rings. The monoisotopic (exact) mass is 204 g/mol. The number of benzene rings is 1. The van der Waals surface area contributed by atoms with Gasteiger partial charge in [0, 0.05) is 0 Å². The molecule has 0 saturated carbocycles. The summed E-state index contributed by atoms with van der Waals surface area (Å²) in [5.41, 5.74) is 0.615. The lowest BCUT2D eigenvalue weighted by atomic mass is 10.1. The van der Waals surface area contributed by atoms with Gasteiger partial charge in [-0.25, -0.2) is 4.79 Å². The third-order valence-electron chi connectivity index (χ3n) is 1.81. The van der Waals surface area contributed by atoms with Crippen LogP contribution in [-0.2, 0) is 0 Å². The van der Waals surface area contributed by atoms with E-state index in [1.165, 1.54) is 6.07 Å². The van der Waals surface area contributed by atoms with Gasteiger partial charge in [-0.2, -0.15) is 0 Å². The Bertz CT molecular complexity index is 424. The van der Waals surface area contributed by atoms with Crippen LogP contribution < -0.4 is 4.74 Å². The standard InChI is InChI=1S/C12H12O3/c1-3-6-9-10(12(13)14)7-5-8-11(9)15-4-2/h5,7-8H,4H2,1-2H3,(H,13,14). The highest BCUT2D eigenvalue weighted by molar-refractivity contribution is 5.91. The van der Waals surface area contributed by atoms with Crippen molar-refractivity contribution < 1.29 is 14.6 Å². The number of rotatable bonds is 3. The summed E-state index contributed by atoms with van der Waals surface area (Å²) in [7, 11) is 0. The highest BCUT2D eigenvalue weighted by Gasteiger charge is 2.12. The maximum absolute atomic E-state index is 10.9. The van der Waals surface area contributed by atoms with E-state index in [1.807, 2.05) is 6.92 Å². The van der Waals surface area contributed by atoms with Crippen LogP contribution in [0.5, 0.6) is 5.75 Å². The molecule has 1 rings (SSSR count). The van der Waals surface area contributed by atoms with E-state index in [1.54, 1.807) is 19.1 Å². The molecule has 15 heavy (non-hydrogen) atoms. The van der Waals surface area contributed by atoms with Gasteiger partial charge in [-0.1, -0.05) is 12.0 Å². The summed E-state index contributed by atoms with van der Waals surface area (Å²) in [5.74, 6) is 4.97. The average Bonchev–Trinajstić information content (AvgIpc) is 2.21. The van der Waals surface area contributed by atoms with Crippen LogP contribution in [0.3, 0.4) is 0 Å². The van der Waals surface area contributed by atoms with Gasteiger partial charge in [-0.05, 0) is 26.0 Å². The summed E-state index contributed by atoms with van der Waals surface area (Å²) in [6.45, 7) is 3.99. The molecule has 0 atom stereocenters. The van der Waals surface area contributed by atoms with Crippen molar-refractivity contribution >= 4 is 5.97 Å². The molecule has 0 heterocycles. The molecule has 0 unspecified atom stereocenters. The van der Waals surface area contributed by atoms with Gasteiger partial charge in [0.2, 0.25) is 0 Å². The molecule has 78 valence electrons. The smallest absolute Gasteiger partial charge is 0.337 e. The molecule has 0 spiro atoms. The van der Waals surface area contributed by atoms with Gasteiger partial charge >= 0.3 is 5.97 Å². The first-order valence-corrected chi connectivity index (χ1v) is 4.62. The third kappa shape index (κ3) is 2.50. The Balaban J connectivity index is 3.32. The largest absolute Gasteiger partial charge is 0.493 e. The Hall–Kier alpha value is -1.95. The fraction of sp³-hybridized carbons (Fsp3) is 0.250. The zero-order valence-electron chi connectivity index (χ0n) is 8.70. The molecule has 0 saturated heterocycles. The first-order valence-electron chi connectivity index (χ1n) is 4.62.